The lowest BCUT2D eigenvalue weighted by Gasteiger charge is -2.12. The highest BCUT2D eigenvalue weighted by atomic mass is 32.1. The highest BCUT2D eigenvalue weighted by Gasteiger charge is 2.15. The normalized spacial score (nSPS) is 11.7. The maximum Gasteiger partial charge on any atom is 0.279 e. The molecular formula is C23H24N4O3S. The van der Waals surface area contributed by atoms with E-state index in [0.717, 1.165) is 15.0 Å². The van der Waals surface area contributed by atoms with Crippen LogP contribution < -0.4 is 15.8 Å². The number of amidine groups is 1. The van der Waals surface area contributed by atoms with Crippen molar-refractivity contribution >= 4 is 39.1 Å². The molecule has 0 saturated heterocycles. The number of nitrogens with two attached hydrogens (primary N) is 1. The van der Waals surface area contributed by atoms with Crippen LogP contribution >= 0.6 is 11.3 Å². The molecule has 2 aromatic carbocycles. The van der Waals surface area contributed by atoms with Crippen LogP contribution in [0.3, 0.4) is 0 Å². The Morgan fingerprint density at radius 2 is 1.84 bits per heavy atom. The predicted molar refractivity (Wildman–Crippen MR) is 125 cm³/mol. The van der Waals surface area contributed by atoms with E-state index >= 15 is 0 Å². The molecule has 0 spiro atoms. The second kappa shape index (κ2) is 9.44. The Hall–Kier alpha value is -3.65. The number of benzene rings is 2. The van der Waals surface area contributed by atoms with Gasteiger partial charge in [-0.3, -0.25) is 9.59 Å². The zero-order valence-corrected chi connectivity index (χ0v) is 18.6. The molecule has 0 aliphatic rings. The van der Waals surface area contributed by atoms with E-state index in [2.05, 4.69) is 10.3 Å². The number of rotatable bonds is 6. The topological polar surface area (TPSA) is 97.0 Å². The number of carbonyl (C=O) groups excluding carboxylic acids is 2. The Balaban J connectivity index is 1.95. The molecule has 31 heavy (non-hydrogen) atoms. The molecule has 0 radical (unpaired) electrons. The Morgan fingerprint density at radius 1 is 1.13 bits per heavy atom. The van der Waals surface area contributed by atoms with Crippen LogP contribution in [0.4, 0.5) is 0 Å². The van der Waals surface area contributed by atoms with Gasteiger partial charge in [-0.15, -0.1) is 11.3 Å². The van der Waals surface area contributed by atoms with Gasteiger partial charge < -0.3 is 20.7 Å². The van der Waals surface area contributed by atoms with Crippen LogP contribution in [-0.2, 0) is 0 Å². The lowest BCUT2D eigenvalue weighted by molar-refractivity contribution is 0.0827. The molecule has 7 nitrogen and oxygen atoms in total. The smallest absolute Gasteiger partial charge is 0.279 e. The molecule has 0 aliphatic heterocycles. The van der Waals surface area contributed by atoms with Crippen molar-refractivity contribution < 1.29 is 14.3 Å². The SMILES string of the molecule is CN/C=C\C(N)=NC(=O)c1cc(Oc2ccc(C(=O)N(C)C)cc2)c2sc(C)cc2c1. The van der Waals surface area contributed by atoms with Crippen LogP contribution in [0.1, 0.15) is 25.6 Å². The van der Waals surface area contributed by atoms with E-state index in [9.17, 15) is 9.59 Å². The second-order valence-corrected chi connectivity index (χ2v) is 8.30. The fourth-order valence-electron chi connectivity index (χ4n) is 2.89. The molecule has 0 atom stereocenters. The molecule has 1 aromatic heterocycles. The Morgan fingerprint density at radius 3 is 2.48 bits per heavy atom. The van der Waals surface area contributed by atoms with E-state index in [1.54, 1.807) is 75.1 Å². The lowest BCUT2D eigenvalue weighted by Crippen LogP contribution is -2.21. The van der Waals surface area contributed by atoms with Crippen LogP contribution in [0.25, 0.3) is 10.1 Å². The van der Waals surface area contributed by atoms with Gasteiger partial charge in [-0.05, 0) is 67.1 Å². The number of thiophene rings is 1. The van der Waals surface area contributed by atoms with E-state index in [-0.39, 0.29) is 11.7 Å². The second-order valence-electron chi connectivity index (χ2n) is 7.04. The van der Waals surface area contributed by atoms with Crippen molar-refractivity contribution in [2.75, 3.05) is 21.1 Å². The van der Waals surface area contributed by atoms with Crippen LogP contribution in [-0.4, -0.2) is 43.7 Å². The number of amides is 2. The highest BCUT2D eigenvalue weighted by molar-refractivity contribution is 7.19. The van der Waals surface area contributed by atoms with Crippen molar-refractivity contribution in [3.05, 3.63) is 70.7 Å². The first-order valence-corrected chi connectivity index (χ1v) is 10.4. The summed E-state index contributed by atoms with van der Waals surface area (Å²) in [5.41, 5.74) is 6.72. The van der Waals surface area contributed by atoms with E-state index < -0.39 is 5.91 Å². The van der Waals surface area contributed by atoms with Gasteiger partial charge in [0.25, 0.3) is 11.8 Å². The number of hydrogen-bond donors (Lipinski definition) is 2. The Bertz CT molecular complexity index is 1180. The van der Waals surface area contributed by atoms with E-state index in [4.69, 9.17) is 10.5 Å². The van der Waals surface area contributed by atoms with Gasteiger partial charge in [-0.1, -0.05) is 0 Å². The number of nitrogens with zero attached hydrogens (tertiary/aromatic N) is 2. The number of fused-ring (bicyclic) bond motifs is 1. The number of aryl methyl sites for hydroxylation is 1. The molecule has 3 rings (SSSR count). The Labute approximate surface area is 184 Å². The van der Waals surface area contributed by atoms with Crippen molar-refractivity contribution in [2.45, 2.75) is 6.92 Å². The van der Waals surface area contributed by atoms with Gasteiger partial charge in [0.15, 0.2) is 0 Å². The minimum absolute atomic E-state index is 0.0850. The zero-order valence-electron chi connectivity index (χ0n) is 17.8. The number of carbonyl (C=O) groups is 2. The van der Waals surface area contributed by atoms with Crippen molar-refractivity contribution in [3.63, 3.8) is 0 Å². The van der Waals surface area contributed by atoms with E-state index in [0.29, 0.717) is 22.6 Å². The molecule has 0 fully saturated rings. The van der Waals surface area contributed by atoms with Gasteiger partial charge >= 0.3 is 0 Å². The third-order valence-corrected chi connectivity index (χ3v) is 5.42. The summed E-state index contributed by atoms with van der Waals surface area (Å²) in [6, 6.07) is 12.3. The first kappa shape index (κ1) is 22.0. The fourth-order valence-corrected chi connectivity index (χ4v) is 3.83. The maximum absolute atomic E-state index is 12.6. The van der Waals surface area contributed by atoms with Crippen molar-refractivity contribution in [2.24, 2.45) is 10.7 Å². The maximum atomic E-state index is 12.6. The van der Waals surface area contributed by atoms with E-state index in [1.807, 2.05) is 13.0 Å². The van der Waals surface area contributed by atoms with Gasteiger partial charge in [-0.2, -0.15) is 4.99 Å². The van der Waals surface area contributed by atoms with Crippen molar-refractivity contribution in [1.82, 2.24) is 10.2 Å². The number of aliphatic imine (C=N–C) groups is 1. The highest BCUT2D eigenvalue weighted by Crippen LogP contribution is 2.37. The monoisotopic (exact) mass is 436 g/mol. The molecule has 3 aromatic rings. The summed E-state index contributed by atoms with van der Waals surface area (Å²) in [6.45, 7) is 2.00. The molecular weight excluding hydrogens is 412 g/mol. The molecule has 2 amide bonds. The fraction of sp³-hybridized carbons (Fsp3) is 0.174. The van der Waals surface area contributed by atoms with E-state index in [1.165, 1.54) is 11.0 Å². The van der Waals surface area contributed by atoms with Crippen molar-refractivity contribution in [1.29, 1.82) is 0 Å². The first-order valence-electron chi connectivity index (χ1n) is 9.54. The average molecular weight is 437 g/mol. The number of ether oxygens (including phenoxy) is 1. The minimum atomic E-state index is -0.458. The third kappa shape index (κ3) is 5.29. The number of nitrogens with one attached hydrogen (secondary N) is 1. The standard InChI is InChI=1S/C23H24N4O3S/c1-14-11-16-12-17(22(28)26-20(24)9-10-25-2)13-19(21(16)31-14)30-18-7-5-15(6-8-18)23(29)27(3)4/h5-13,25H,1-4H3,(H2,24,26,28)/b10-9-. The van der Waals surface area contributed by atoms with Crippen molar-refractivity contribution in [3.8, 4) is 11.5 Å². The summed E-state index contributed by atoms with van der Waals surface area (Å²) in [7, 11) is 5.13. The molecule has 160 valence electrons. The molecule has 0 aliphatic carbocycles. The zero-order chi connectivity index (χ0) is 22.5. The van der Waals surface area contributed by atoms with Gasteiger partial charge in [-0.25, -0.2) is 0 Å². The largest absolute Gasteiger partial charge is 0.456 e. The lowest BCUT2D eigenvalue weighted by atomic mass is 10.1. The summed E-state index contributed by atoms with van der Waals surface area (Å²) >= 11 is 1.58. The molecule has 3 N–H and O–H groups in total. The van der Waals surface area contributed by atoms with Crippen LogP contribution in [0.5, 0.6) is 11.5 Å². The summed E-state index contributed by atoms with van der Waals surface area (Å²) in [4.78, 5) is 31.3. The minimum Gasteiger partial charge on any atom is -0.456 e. The molecule has 0 bridgehead atoms. The van der Waals surface area contributed by atoms with Crippen LogP contribution in [0, 0.1) is 6.92 Å². The van der Waals surface area contributed by atoms with Gasteiger partial charge in [0, 0.05) is 37.1 Å². The third-order valence-electron chi connectivity index (χ3n) is 4.34. The first-order chi connectivity index (χ1) is 14.8. The quantitative estimate of drug-likeness (QED) is 0.451. The number of hydrogen-bond acceptors (Lipinski definition) is 5. The van der Waals surface area contributed by atoms with Gasteiger partial charge in [0.05, 0.1) is 4.70 Å². The van der Waals surface area contributed by atoms with Gasteiger partial charge in [0.2, 0.25) is 0 Å². The summed E-state index contributed by atoms with van der Waals surface area (Å²) < 4.78 is 7.02. The molecule has 0 unspecified atom stereocenters. The average Bonchev–Trinajstić information content (AvgIpc) is 3.12. The summed E-state index contributed by atoms with van der Waals surface area (Å²) in [6.07, 6.45) is 3.11. The summed E-state index contributed by atoms with van der Waals surface area (Å²) in [5, 5.41) is 3.69. The molecule has 1 heterocycles. The van der Waals surface area contributed by atoms with Crippen LogP contribution in [0.15, 0.2) is 59.7 Å². The summed E-state index contributed by atoms with van der Waals surface area (Å²) in [5.74, 6) is 0.668. The Kier molecular flexibility index (Phi) is 6.71. The molecule has 0 saturated carbocycles. The predicted octanol–water partition coefficient (Wildman–Crippen LogP) is 3.93. The van der Waals surface area contributed by atoms with Crippen LogP contribution in [0.2, 0.25) is 0 Å². The molecule has 8 heteroatoms. The van der Waals surface area contributed by atoms with Gasteiger partial charge in [0.1, 0.15) is 17.3 Å².